The highest BCUT2D eigenvalue weighted by molar-refractivity contribution is 7.16. The molecular formula is C25H31N5O2S. The van der Waals surface area contributed by atoms with Gasteiger partial charge in [-0.2, -0.15) is 5.26 Å². The number of para-hydroxylation sites is 1. The number of thiophene rings is 1. The predicted molar refractivity (Wildman–Crippen MR) is 132 cm³/mol. The van der Waals surface area contributed by atoms with E-state index >= 15 is 0 Å². The van der Waals surface area contributed by atoms with E-state index in [0.29, 0.717) is 17.1 Å². The zero-order valence-electron chi connectivity index (χ0n) is 18.9. The number of anilines is 2. The van der Waals surface area contributed by atoms with Crippen molar-refractivity contribution in [2.24, 2.45) is 0 Å². The Kier molecular flexibility index (Phi) is 7.97. The Labute approximate surface area is 199 Å². The van der Waals surface area contributed by atoms with Gasteiger partial charge in [0.2, 0.25) is 5.91 Å². The van der Waals surface area contributed by atoms with Crippen molar-refractivity contribution in [3.05, 3.63) is 46.3 Å². The SMILES string of the molecule is N#Cc1c(NC(=O)CN2CCCCC2CNC(=O)Nc2ccccc2)sc2c1CCCCC2. The van der Waals surface area contributed by atoms with Gasteiger partial charge >= 0.3 is 6.03 Å². The fraction of sp³-hybridized carbons (Fsp3) is 0.480. The largest absolute Gasteiger partial charge is 0.336 e. The van der Waals surface area contributed by atoms with Crippen molar-refractivity contribution in [1.82, 2.24) is 10.2 Å². The first kappa shape index (κ1) is 23.3. The van der Waals surface area contributed by atoms with Gasteiger partial charge in [-0.1, -0.05) is 31.0 Å². The third-order valence-corrected chi connectivity index (χ3v) is 7.62. The summed E-state index contributed by atoms with van der Waals surface area (Å²) in [6.45, 7) is 1.58. The smallest absolute Gasteiger partial charge is 0.319 e. The first-order valence-corrected chi connectivity index (χ1v) is 12.6. The molecule has 2 aromatic rings. The second-order valence-electron chi connectivity index (χ2n) is 8.75. The van der Waals surface area contributed by atoms with E-state index < -0.39 is 0 Å². The van der Waals surface area contributed by atoms with Gasteiger partial charge in [0.15, 0.2) is 0 Å². The third kappa shape index (κ3) is 6.12. The molecule has 174 valence electrons. The monoisotopic (exact) mass is 465 g/mol. The van der Waals surface area contributed by atoms with E-state index in [9.17, 15) is 14.9 Å². The number of piperidine rings is 1. The summed E-state index contributed by atoms with van der Waals surface area (Å²) in [5.74, 6) is -0.0939. The summed E-state index contributed by atoms with van der Waals surface area (Å²) in [4.78, 5) is 28.6. The van der Waals surface area contributed by atoms with Crippen LogP contribution in [-0.4, -0.2) is 42.5 Å². The van der Waals surface area contributed by atoms with Gasteiger partial charge in [-0.25, -0.2) is 4.79 Å². The Hall–Kier alpha value is -2.89. The number of amides is 3. The minimum atomic E-state index is -0.241. The number of benzene rings is 1. The lowest BCUT2D eigenvalue weighted by molar-refractivity contribution is -0.118. The Balaban J connectivity index is 1.33. The van der Waals surface area contributed by atoms with Crippen molar-refractivity contribution < 1.29 is 9.59 Å². The number of likely N-dealkylation sites (tertiary alicyclic amines) is 1. The number of nitrogens with zero attached hydrogens (tertiary/aromatic N) is 2. The first-order chi connectivity index (χ1) is 16.1. The van der Waals surface area contributed by atoms with Crippen LogP contribution in [-0.2, 0) is 17.6 Å². The van der Waals surface area contributed by atoms with Crippen LogP contribution in [0.25, 0.3) is 0 Å². The molecule has 1 aromatic carbocycles. The molecule has 2 heterocycles. The highest BCUT2D eigenvalue weighted by Crippen LogP contribution is 2.37. The molecule has 1 atom stereocenters. The van der Waals surface area contributed by atoms with Crippen molar-refractivity contribution in [3.63, 3.8) is 0 Å². The number of rotatable bonds is 6. The summed E-state index contributed by atoms with van der Waals surface area (Å²) >= 11 is 1.57. The quantitative estimate of drug-likeness (QED) is 0.547. The number of carbonyl (C=O) groups is 2. The highest BCUT2D eigenvalue weighted by Gasteiger charge is 2.26. The molecule has 8 heteroatoms. The van der Waals surface area contributed by atoms with Gasteiger partial charge in [0.25, 0.3) is 0 Å². The Morgan fingerprint density at radius 1 is 1.06 bits per heavy atom. The summed E-state index contributed by atoms with van der Waals surface area (Å²) in [7, 11) is 0. The van der Waals surface area contributed by atoms with E-state index in [4.69, 9.17) is 0 Å². The molecule has 3 N–H and O–H groups in total. The minimum absolute atomic E-state index is 0.0939. The fourth-order valence-corrected chi connectivity index (χ4v) is 5.96. The van der Waals surface area contributed by atoms with E-state index in [1.807, 2.05) is 30.3 Å². The van der Waals surface area contributed by atoms with Gasteiger partial charge in [-0.3, -0.25) is 9.69 Å². The number of aryl methyl sites for hydroxylation is 1. The molecule has 1 fully saturated rings. The van der Waals surface area contributed by atoms with Crippen LogP contribution in [0.15, 0.2) is 30.3 Å². The molecule has 1 aromatic heterocycles. The zero-order valence-corrected chi connectivity index (χ0v) is 19.7. The average molecular weight is 466 g/mol. The second-order valence-corrected chi connectivity index (χ2v) is 9.85. The molecule has 1 aliphatic heterocycles. The molecule has 0 saturated carbocycles. The van der Waals surface area contributed by atoms with Crippen molar-refractivity contribution in [2.45, 2.75) is 57.4 Å². The van der Waals surface area contributed by atoms with Crippen LogP contribution in [0.1, 0.15) is 54.5 Å². The Morgan fingerprint density at radius 2 is 1.88 bits per heavy atom. The van der Waals surface area contributed by atoms with Crippen LogP contribution < -0.4 is 16.0 Å². The van der Waals surface area contributed by atoms with Crippen molar-refractivity contribution in [2.75, 3.05) is 30.3 Å². The summed E-state index contributed by atoms with van der Waals surface area (Å²) in [5.41, 5.74) is 2.54. The summed E-state index contributed by atoms with van der Waals surface area (Å²) in [5, 5.41) is 19.2. The van der Waals surface area contributed by atoms with Crippen LogP contribution in [0.3, 0.4) is 0 Å². The van der Waals surface area contributed by atoms with Gasteiger partial charge in [0, 0.05) is 23.2 Å². The third-order valence-electron chi connectivity index (χ3n) is 6.41. The second kappa shape index (κ2) is 11.3. The maximum Gasteiger partial charge on any atom is 0.319 e. The molecule has 1 aliphatic carbocycles. The van der Waals surface area contributed by atoms with Crippen molar-refractivity contribution >= 4 is 34.0 Å². The van der Waals surface area contributed by atoms with E-state index in [-0.39, 0.29) is 24.5 Å². The molecule has 1 unspecified atom stereocenters. The minimum Gasteiger partial charge on any atom is -0.336 e. The molecule has 3 amide bonds. The lowest BCUT2D eigenvalue weighted by Gasteiger charge is -2.35. The van der Waals surface area contributed by atoms with Crippen LogP contribution >= 0.6 is 11.3 Å². The molecular weight excluding hydrogens is 434 g/mol. The molecule has 2 aliphatic rings. The van der Waals surface area contributed by atoms with Crippen molar-refractivity contribution in [1.29, 1.82) is 5.26 Å². The number of nitriles is 1. The number of urea groups is 1. The van der Waals surface area contributed by atoms with Crippen molar-refractivity contribution in [3.8, 4) is 6.07 Å². The van der Waals surface area contributed by atoms with Crippen LogP contribution in [0, 0.1) is 11.3 Å². The number of nitrogens with one attached hydrogen (secondary N) is 3. The lowest BCUT2D eigenvalue weighted by Crippen LogP contribution is -2.49. The van der Waals surface area contributed by atoms with Crippen LogP contribution in [0.2, 0.25) is 0 Å². The fourth-order valence-electron chi connectivity index (χ4n) is 4.71. The topological polar surface area (TPSA) is 97.3 Å². The van der Waals surface area contributed by atoms with E-state index in [0.717, 1.165) is 62.7 Å². The van der Waals surface area contributed by atoms with Gasteiger partial charge in [-0.05, 0) is 62.8 Å². The summed E-state index contributed by atoms with van der Waals surface area (Å²) < 4.78 is 0. The van der Waals surface area contributed by atoms with Crippen LogP contribution in [0.5, 0.6) is 0 Å². The lowest BCUT2D eigenvalue weighted by atomic mass is 10.0. The maximum atomic E-state index is 12.9. The Morgan fingerprint density at radius 3 is 2.70 bits per heavy atom. The summed E-state index contributed by atoms with van der Waals surface area (Å²) in [6, 6.07) is 11.5. The maximum absolute atomic E-state index is 12.9. The normalized spacial score (nSPS) is 18.5. The Bertz CT molecular complexity index is 1010. The molecule has 0 spiro atoms. The molecule has 7 nitrogen and oxygen atoms in total. The number of hydrogen-bond acceptors (Lipinski definition) is 5. The van der Waals surface area contributed by atoms with E-state index in [2.05, 4.69) is 26.9 Å². The van der Waals surface area contributed by atoms with Crippen LogP contribution in [0.4, 0.5) is 15.5 Å². The highest BCUT2D eigenvalue weighted by atomic mass is 32.1. The first-order valence-electron chi connectivity index (χ1n) is 11.8. The van der Waals surface area contributed by atoms with Gasteiger partial charge in [0.05, 0.1) is 12.1 Å². The van der Waals surface area contributed by atoms with Gasteiger partial charge in [-0.15, -0.1) is 11.3 Å². The predicted octanol–water partition coefficient (Wildman–Crippen LogP) is 4.50. The van der Waals surface area contributed by atoms with E-state index in [1.165, 1.54) is 11.3 Å². The molecule has 0 bridgehead atoms. The number of fused-ring (bicyclic) bond motifs is 1. The molecule has 0 radical (unpaired) electrons. The zero-order chi connectivity index (χ0) is 23.0. The molecule has 4 rings (SSSR count). The number of hydrogen-bond donors (Lipinski definition) is 3. The van der Waals surface area contributed by atoms with Gasteiger partial charge < -0.3 is 16.0 Å². The molecule has 33 heavy (non-hydrogen) atoms. The average Bonchev–Trinajstić information content (AvgIpc) is 2.97. The number of carbonyl (C=O) groups excluding carboxylic acids is 2. The standard InChI is InChI=1S/C25H31N5O2S/c26-15-21-20-12-5-2-6-13-22(20)33-24(21)29-23(31)17-30-14-8-7-11-19(30)16-27-25(32)28-18-9-3-1-4-10-18/h1,3-4,9-10,19H,2,5-8,11-14,16-17H2,(H,29,31)(H2,27,28,32). The van der Waals surface area contributed by atoms with Gasteiger partial charge in [0.1, 0.15) is 11.1 Å². The summed E-state index contributed by atoms with van der Waals surface area (Å²) in [6.07, 6.45) is 8.43. The van der Waals surface area contributed by atoms with E-state index in [1.54, 1.807) is 11.3 Å². The molecule has 1 saturated heterocycles.